The lowest BCUT2D eigenvalue weighted by atomic mass is 9.81. The Morgan fingerprint density at radius 2 is 1.82 bits per heavy atom. The van der Waals surface area contributed by atoms with Crippen LogP contribution in [0.2, 0.25) is 0 Å². The van der Waals surface area contributed by atoms with Gasteiger partial charge in [-0.25, -0.2) is 9.67 Å². The molecule has 40 heavy (non-hydrogen) atoms. The molecular weight excluding hydrogens is 530 g/mol. The normalized spacial score (nSPS) is 17.1. The number of anilines is 1. The van der Waals surface area contributed by atoms with E-state index in [2.05, 4.69) is 15.4 Å². The molecule has 3 heterocycles. The number of halogens is 4. The van der Waals surface area contributed by atoms with Crippen LogP contribution in [-0.2, 0) is 17.6 Å². The number of pyridine rings is 1. The minimum atomic E-state index is -4.67. The van der Waals surface area contributed by atoms with Crippen LogP contribution in [0.15, 0.2) is 72.9 Å². The third-order valence-electron chi connectivity index (χ3n) is 6.72. The molecule has 1 aliphatic rings. The smallest absolute Gasteiger partial charge is 0.390 e. The fourth-order valence-electron chi connectivity index (χ4n) is 4.93. The molecule has 2 atom stereocenters. The number of aliphatic hydroxyl groups excluding tert-OH is 1. The molecule has 2 amide bonds. The van der Waals surface area contributed by atoms with Crippen LogP contribution < -0.4 is 10.2 Å². The lowest BCUT2D eigenvalue weighted by molar-refractivity contribution is -0.137. The van der Waals surface area contributed by atoms with E-state index < -0.39 is 48.1 Å². The van der Waals surface area contributed by atoms with Crippen molar-refractivity contribution in [1.29, 1.82) is 0 Å². The van der Waals surface area contributed by atoms with Gasteiger partial charge in [-0.2, -0.15) is 22.7 Å². The Hall–Kier alpha value is -4.58. The molecule has 8 nitrogen and oxygen atoms in total. The molecule has 2 aromatic carbocycles. The summed E-state index contributed by atoms with van der Waals surface area (Å²) in [5, 5.41) is 17.4. The summed E-state index contributed by atoms with van der Waals surface area (Å²) in [6, 6.07) is 13.9. The minimum absolute atomic E-state index is 0.152. The van der Waals surface area contributed by atoms with Gasteiger partial charge in [0.15, 0.2) is 0 Å². The number of carbonyl (C=O) groups is 2. The Bertz CT molecular complexity index is 1550. The van der Waals surface area contributed by atoms with Crippen LogP contribution in [0.1, 0.15) is 45.6 Å². The highest BCUT2D eigenvalue weighted by Gasteiger charge is 2.46. The summed E-state index contributed by atoms with van der Waals surface area (Å²) < 4.78 is 55.2. The average Bonchev–Trinajstić information content (AvgIpc) is 3.33. The molecule has 2 N–H and O–H groups in total. The summed E-state index contributed by atoms with van der Waals surface area (Å²) in [6.45, 7) is 1.35. The van der Waals surface area contributed by atoms with Crippen molar-refractivity contribution in [3.8, 4) is 5.69 Å². The first kappa shape index (κ1) is 27.0. The number of fused-ring (bicyclic) bond motifs is 1. The number of hydrogen-bond acceptors (Lipinski definition) is 5. The Labute approximate surface area is 225 Å². The number of alkyl halides is 3. The van der Waals surface area contributed by atoms with Gasteiger partial charge >= 0.3 is 6.18 Å². The highest BCUT2D eigenvalue weighted by Crippen LogP contribution is 2.43. The van der Waals surface area contributed by atoms with Crippen LogP contribution in [0.4, 0.5) is 23.4 Å². The molecule has 4 aromatic rings. The number of likely N-dealkylation sites (N-methyl/N-ethyl adjacent to an activating group) is 1. The number of rotatable bonds is 6. The first-order valence-corrected chi connectivity index (χ1v) is 12.3. The molecule has 0 saturated heterocycles. The van der Waals surface area contributed by atoms with Gasteiger partial charge in [0.25, 0.3) is 11.8 Å². The van der Waals surface area contributed by atoms with Crippen molar-refractivity contribution >= 4 is 17.6 Å². The fourth-order valence-corrected chi connectivity index (χ4v) is 4.93. The lowest BCUT2D eigenvalue weighted by Crippen LogP contribution is -2.55. The zero-order valence-corrected chi connectivity index (χ0v) is 21.1. The molecule has 206 valence electrons. The quantitative estimate of drug-likeness (QED) is 0.275. The van der Waals surface area contributed by atoms with Crippen molar-refractivity contribution in [2.24, 2.45) is 0 Å². The van der Waals surface area contributed by atoms with Gasteiger partial charge in [-0.05, 0) is 48.9 Å². The summed E-state index contributed by atoms with van der Waals surface area (Å²) in [4.78, 5) is 32.3. The van der Waals surface area contributed by atoms with Crippen molar-refractivity contribution in [1.82, 2.24) is 20.1 Å². The number of benzene rings is 2. The predicted molar refractivity (Wildman–Crippen MR) is 136 cm³/mol. The van der Waals surface area contributed by atoms with E-state index in [1.165, 1.54) is 27.9 Å². The Morgan fingerprint density at radius 3 is 2.45 bits per heavy atom. The Kier molecular flexibility index (Phi) is 7.11. The second kappa shape index (κ2) is 10.5. The SMILES string of the molecule is CCN1C(=O)C(NC(=O)c2cccc(C(F)(F)F)c2)C(c2ccc(F)nc2)c2c(CO)nn(-c3ccccc3)c21. The van der Waals surface area contributed by atoms with Crippen molar-refractivity contribution in [3.05, 3.63) is 107 Å². The van der Waals surface area contributed by atoms with Crippen LogP contribution in [-0.4, -0.2) is 44.3 Å². The first-order chi connectivity index (χ1) is 19.1. The van der Waals surface area contributed by atoms with Gasteiger partial charge in [-0.15, -0.1) is 0 Å². The average molecular weight is 554 g/mol. The summed E-state index contributed by atoms with van der Waals surface area (Å²) in [5.74, 6) is -2.89. The van der Waals surface area contributed by atoms with Crippen molar-refractivity contribution in [3.63, 3.8) is 0 Å². The summed E-state index contributed by atoms with van der Waals surface area (Å²) in [6.07, 6.45) is -3.46. The Balaban J connectivity index is 1.67. The van der Waals surface area contributed by atoms with Crippen LogP contribution in [0, 0.1) is 5.95 Å². The first-order valence-electron chi connectivity index (χ1n) is 12.3. The molecule has 0 radical (unpaired) electrons. The number of carbonyl (C=O) groups excluding carboxylic acids is 2. The van der Waals surface area contributed by atoms with E-state index in [4.69, 9.17) is 0 Å². The maximum Gasteiger partial charge on any atom is 0.416 e. The second-order valence-corrected chi connectivity index (χ2v) is 9.09. The number of aliphatic hydroxyl groups is 1. The van der Waals surface area contributed by atoms with Crippen LogP contribution in [0.3, 0.4) is 0 Å². The molecular formula is C28H23F4N5O3. The molecule has 2 aromatic heterocycles. The third-order valence-corrected chi connectivity index (χ3v) is 6.72. The van der Waals surface area contributed by atoms with Crippen LogP contribution >= 0.6 is 0 Å². The highest BCUT2D eigenvalue weighted by molar-refractivity contribution is 6.05. The third kappa shape index (κ3) is 4.81. The molecule has 12 heteroatoms. The number of hydrogen-bond donors (Lipinski definition) is 2. The second-order valence-electron chi connectivity index (χ2n) is 9.09. The van der Waals surface area contributed by atoms with E-state index in [1.807, 2.05) is 6.07 Å². The molecule has 0 saturated carbocycles. The van der Waals surface area contributed by atoms with Gasteiger partial charge in [0.2, 0.25) is 5.95 Å². The number of para-hydroxylation sites is 1. The Morgan fingerprint density at radius 1 is 1.07 bits per heavy atom. The molecule has 2 unspecified atom stereocenters. The van der Waals surface area contributed by atoms with Crippen LogP contribution in [0.5, 0.6) is 0 Å². The number of nitrogens with one attached hydrogen (secondary N) is 1. The molecule has 0 bridgehead atoms. The standard InChI is InChI=1S/C28H23F4N5O3/c1-2-36-26-23(20(15-38)35-37(26)19-9-4-3-5-10-19)22(17-11-12-21(29)33-14-17)24(27(36)40)34-25(39)16-7-6-8-18(13-16)28(30,31)32/h3-14,22,24,38H,2,15H2,1H3,(H,34,39). The van der Waals surface area contributed by atoms with Crippen molar-refractivity contribution < 1.29 is 32.3 Å². The monoisotopic (exact) mass is 553 g/mol. The largest absolute Gasteiger partial charge is 0.416 e. The van der Waals surface area contributed by atoms with Crippen molar-refractivity contribution in [2.45, 2.75) is 31.7 Å². The summed E-state index contributed by atoms with van der Waals surface area (Å²) >= 11 is 0. The van der Waals surface area contributed by atoms with Gasteiger partial charge in [-0.1, -0.05) is 30.3 Å². The lowest BCUT2D eigenvalue weighted by Gasteiger charge is -2.38. The molecule has 0 aliphatic carbocycles. The van der Waals surface area contributed by atoms with Gasteiger partial charge < -0.3 is 10.4 Å². The maximum absolute atomic E-state index is 14.0. The highest BCUT2D eigenvalue weighted by atomic mass is 19.4. The van der Waals surface area contributed by atoms with E-state index in [0.29, 0.717) is 28.7 Å². The van der Waals surface area contributed by atoms with Crippen LogP contribution in [0.25, 0.3) is 5.69 Å². The molecule has 1 aliphatic heterocycles. The van der Waals surface area contributed by atoms with E-state index in [9.17, 15) is 32.3 Å². The minimum Gasteiger partial charge on any atom is -0.390 e. The van der Waals surface area contributed by atoms with E-state index >= 15 is 0 Å². The molecule has 5 rings (SSSR count). The maximum atomic E-state index is 14.0. The predicted octanol–water partition coefficient (Wildman–Crippen LogP) is 4.21. The van der Waals surface area contributed by atoms with Gasteiger partial charge in [0.1, 0.15) is 11.9 Å². The number of nitrogens with zero attached hydrogens (tertiary/aromatic N) is 4. The fraction of sp³-hybridized carbons (Fsp3) is 0.214. The van der Waals surface area contributed by atoms with E-state index in [1.54, 1.807) is 31.2 Å². The molecule has 0 spiro atoms. The number of aromatic nitrogens is 3. The van der Waals surface area contributed by atoms with Gasteiger partial charge in [0, 0.05) is 29.8 Å². The number of amides is 2. The summed E-state index contributed by atoms with van der Waals surface area (Å²) in [5.41, 5.74) is 0.233. The van der Waals surface area contributed by atoms with E-state index in [-0.39, 0.29) is 17.8 Å². The van der Waals surface area contributed by atoms with Gasteiger partial charge in [-0.3, -0.25) is 14.5 Å². The molecule has 0 fully saturated rings. The summed E-state index contributed by atoms with van der Waals surface area (Å²) in [7, 11) is 0. The van der Waals surface area contributed by atoms with Gasteiger partial charge in [0.05, 0.1) is 23.6 Å². The zero-order chi connectivity index (χ0) is 28.6. The zero-order valence-electron chi connectivity index (χ0n) is 21.1. The topological polar surface area (TPSA) is 100 Å². The van der Waals surface area contributed by atoms with E-state index in [0.717, 1.165) is 18.2 Å². The van der Waals surface area contributed by atoms with Crippen molar-refractivity contribution in [2.75, 3.05) is 11.4 Å².